The molecule has 2 aliphatic heterocycles. The number of thioether (sulfide) groups is 2. The maximum Gasteiger partial charge on any atom is 0.0507 e. The fraction of sp³-hybridized carbons (Fsp3) is 0.111. The van der Waals surface area contributed by atoms with Gasteiger partial charge in [-0.15, -0.1) is 23.5 Å². The van der Waals surface area contributed by atoms with Crippen LogP contribution >= 0.6 is 23.5 Å². The molecule has 0 aromatic heterocycles. The van der Waals surface area contributed by atoms with Crippen molar-refractivity contribution in [3.8, 4) is 0 Å². The van der Waals surface area contributed by atoms with Crippen molar-refractivity contribution in [2.24, 2.45) is 0 Å². The van der Waals surface area contributed by atoms with Gasteiger partial charge in [0, 0.05) is 0 Å². The van der Waals surface area contributed by atoms with E-state index in [1.165, 1.54) is 22.3 Å². The SMILES string of the molecule is C1=Cc2ccccc2C(C2SC=Cc3ccccc32)S1. The maximum absolute atomic E-state index is 2.28. The van der Waals surface area contributed by atoms with E-state index in [4.69, 9.17) is 0 Å². The molecule has 0 saturated carbocycles. The van der Waals surface area contributed by atoms with Crippen LogP contribution in [0.1, 0.15) is 32.8 Å². The zero-order valence-electron chi connectivity index (χ0n) is 10.9. The largest absolute Gasteiger partial charge is 0.124 e. The fourth-order valence-corrected chi connectivity index (χ4v) is 5.33. The molecule has 0 radical (unpaired) electrons. The zero-order chi connectivity index (χ0) is 13.4. The van der Waals surface area contributed by atoms with Gasteiger partial charge in [-0.3, -0.25) is 0 Å². The molecule has 4 rings (SSSR count). The summed E-state index contributed by atoms with van der Waals surface area (Å²) in [7, 11) is 0. The van der Waals surface area contributed by atoms with Crippen LogP contribution in [0.25, 0.3) is 12.2 Å². The second-order valence-corrected chi connectivity index (χ2v) is 7.08. The summed E-state index contributed by atoms with van der Waals surface area (Å²) in [6.07, 6.45) is 4.46. The first-order valence-corrected chi connectivity index (χ1v) is 8.64. The number of hydrogen-bond acceptors (Lipinski definition) is 2. The quantitative estimate of drug-likeness (QED) is 0.642. The molecule has 2 heteroatoms. The molecule has 2 aromatic rings. The minimum Gasteiger partial charge on any atom is -0.124 e. The third kappa shape index (κ3) is 2.04. The zero-order valence-corrected chi connectivity index (χ0v) is 12.5. The molecular formula is C18H14S2. The predicted octanol–water partition coefficient (Wildman–Crippen LogP) is 5.90. The molecule has 2 aromatic carbocycles. The molecule has 2 atom stereocenters. The van der Waals surface area contributed by atoms with Crippen molar-refractivity contribution in [3.05, 3.63) is 81.6 Å². The van der Waals surface area contributed by atoms with E-state index >= 15 is 0 Å². The summed E-state index contributed by atoms with van der Waals surface area (Å²) in [6, 6.07) is 17.5. The second kappa shape index (κ2) is 5.19. The predicted molar refractivity (Wildman–Crippen MR) is 91.6 cm³/mol. The third-order valence-electron chi connectivity index (χ3n) is 3.83. The van der Waals surface area contributed by atoms with Crippen LogP contribution in [0.4, 0.5) is 0 Å². The Labute approximate surface area is 128 Å². The highest BCUT2D eigenvalue weighted by atomic mass is 32.2. The van der Waals surface area contributed by atoms with Gasteiger partial charge in [0.1, 0.15) is 0 Å². The summed E-state index contributed by atoms with van der Waals surface area (Å²) >= 11 is 3.88. The van der Waals surface area contributed by atoms with Gasteiger partial charge in [0.05, 0.1) is 10.5 Å². The Kier molecular flexibility index (Phi) is 3.21. The lowest BCUT2D eigenvalue weighted by Crippen LogP contribution is -2.10. The van der Waals surface area contributed by atoms with Crippen LogP contribution in [0, 0.1) is 0 Å². The van der Waals surface area contributed by atoms with Crippen molar-refractivity contribution >= 4 is 35.7 Å². The van der Waals surface area contributed by atoms with E-state index in [-0.39, 0.29) is 0 Å². The summed E-state index contributed by atoms with van der Waals surface area (Å²) < 4.78 is 0. The Morgan fingerprint density at radius 2 is 1.05 bits per heavy atom. The van der Waals surface area contributed by atoms with Gasteiger partial charge >= 0.3 is 0 Å². The fourth-order valence-electron chi connectivity index (χ4n) is 2.85. The summed E-state index contributed by atoms with van der Waals surface area (Å²) in [5, 5.41) is 5.47. The lowest BCUT2D eigenvalue weighted by atomic mass is 9.95. The standard InChI is InChI=1S/C18H14S2/c1-3-7-15-13(5-1)9-11-19-17(15)18-16-8-4-2-6-14(16)10-12-20-18/h1-12,17-18H. The average Bonchev–Trinajstić information content (AvgIpc) is 2.54. The molecule has 0 spiro atoms. The van der Waals surface area contributed by atoms with Crippen LogP contribution < -0.4 is 0 Å². The minimum absolute atomic E-state index is 0.493. The first-order chi connectivity index (χ1) is 9.93. The molecule has 2 aliphatic rings. The molecule has 0 saturated heterocycles. The van der Waals surface area contributed by atoms with Crippen molar-refractivity contribution < 1.29 is 0 Å². The highest BCUT2D eigenvalue weighted by molar-refractivity contribution is 8.06. The second-order valence-electron chi connectivity index (χ2n) is 4.98. The molecule has 0 fully saturated rings. The molecular weight excluding hydrogens is 280 g/mol. The van der Waals surface area contributed by atoms with E-state index in [0.717, 1.165) is 0 Å². The van der Waals surface area contributed by atoms with Gasteiger partial charge in [0.2, 0.25) is 0 Å². The van der Waals surface area contributed by atoms with Gasteiger partial charge in [-0.05, 0) is 45.2 Å². The normalized spacial score (nSPS) is 23.2. The van der Waals surface area contributed by atoms with E-state index in [1.54, 1.807) is 0 Å². The maximum atomic E-state index is 2.28. The summed E-state index contributed by atoms with van der Waals surface area (Å²) in [4.78, 5) is 0. The Bertz CT molecular complexity index is 639. The monoisotopic (exact) mass is 294 g/mol. The number of benzene rings is 2. The van der Waals surface area contributed by atoms with Crippen molar-refractivity contribution in [1.82, 2.24) is 0 Å². The smallest absolute Gasteiger partial charge is 0.0507 e. The van der Waals surface area contributed by atoms with Crippen LogP contribution in [-0.2, 0) is 0 Å². The molecule has 0 amide bonds. The van der Waals surface area contributed by atoms with Gasteiger partial charge in [-0.2, -0.15) is 0 Å². The lowest BCUT2D eigenvalue weighted by molar-refractivity contribution is 0.904. The number of fused-ring (bicyclic) bond motifs is 2. The number of rotatable bonds is 1. The van der Waals surface area contributed by atoms with Gasteiger partial charge in [0.25, 0.3) is 0 Å². The molecule has 0 aliphatic carbocycles. The Morgan fingerprint density at radius 3 is 1.55 bits per heavy atom. The van der Waals surface area contributed by atoms with Crippen molar-refractivity contribution in [2.45, 2.75) is 10.5 Å². The highest BCUT2D eigenvalue weighted by Crippen LogP contribution is 2.54. The highest BCUT2D eigenvalue weighted by Gasteiger charge is 2.30. The van der Waals surface area contributed by atoms with Crippen molar-refractivity contribution in [2.75, 3.05) is 0 Å². The van der Waals surface area contributed by atoms with E-state index < -0.39 is 0 Å². The Morgan fingerprint density at radius 1 is 0.600 bits per heavy atom. The van der Waals surface area contributed by atoms with Crippen LogP contribution in [0.3, 0.4) is 0 Å². The third-order valence-corrected chi connectivity index (χ3v) is 6.22. The molecule has 2 unspecified atom stereocenters. The van der Waals surface area contributed by atoms with Crippen LogP contribution in [0.15, 0.2) is 59.3 Å². The Hall–Kier alpha value is -1.38. The van der Waals surface area contributed by atoms with Crippen LogP contribution in [0.2, 0.25) is 0 Å². The van der Waals surface area contributed by atoms with E-state index in [2.05, 4.69) is 71.5 Å². The molecule has 20 heavy (non-hydrogen) atoms. The van der Waals surface area contributed by atoms with E-state index in [0.29, 0.717) is 10.5 Å². The lowest BCUT2D eigenvalue weighted by Gasteiger charge is -2.31. The average molecular weight is 294 g/mol. The molecule has 0 nitrogen and oxygen atoms in total. The molecule has 0 bridgehead atoms. The van der Waals surface area contributed by atoms with Gasteiger partial charge in [0.15, 0.2) is 0 Å². The first kappa shape index (κ1) is 12.4. The van der Waals surface area contributed by atoms with Crippen molar-refractivity contribution in [1.29, 1.82) is 0 Å². The van der Waals surface area contributed by atoms with Gasteiger partial charge in [-0.25, -0.2) is 0 Å². The summed E-state index contributed by atoms with van der Waals surface area (Å²) in [5.41, 5.74) is 5.65. The summed E-state index contributed by atoms with van der Waals surface area (Å²) in [6.45, 7) is 0. The van der Waals surface area contributed by atoms with Crippen LogP contribution in [0.5, 0.6) is 0 Å². The van der Waals surface area contributed by atoms with Crippen LogP contribution in [-0.4, -0.2) is 0 Å². The topological polar surface area (TPSA) is 0 Å². The Balaban J connectivity index is 1.80. The van der Waals surface area contributed by atoms with Gasteiger partial charge in [-0.1, -0.05) is 48.5 Å². The van der Waals surface area contributed by atoms with E-state index in [1.807, 2.05) is 23.5 Å². The van der Waals surface area contributed by atoms with E-state index in [9.17, 15) is 0 Å². The van der Waals surface area contributed by atoms with Gasteiger partial charge < -0.3 is 0 Å². The summed E-state index contributed by atoms with van der Waals surface area (Å²) in [5.74, 6) is 0. The molecule has 98 valence electrons. The van der Waals surface area contributed by atoms with Crippen molar-refractivity contribution in [3.63, 3.8) is 0 Å². The first-order valence-electron chi connectivity index (χ1n) is 6.75. The number of hydrogen-bond donors (Lipinski definition) is 0. The molecule has 2 heterocycles. The molecule has 0 N–H and O–H groups in total. The minimum atomic E-state index is 0.493.